The number of rotatable bonds is 4. The van der Waals surface area contributed by atoms with E-state index >= 15 is 0 Å². The minimum atomic E-state index is -0.163. The van der Waals surface area contributed by atoms with Crippen LogP contribution in [0.2, 0.25) is 5.02 Å². The first-order chi connectivity index (χ1) is 7.56. The SMILES string of the molecule is C=C(COC)C(=O)N(C)c1ccc(Cl)cc1. The zero-order chi connectivity index (χ0) is 12.1. The molecule has 1 aromatic carbocycles. The molecule has 0 saturated heterocycles. The highest BCUT2D eigenvalue weighted by molar-refractivity contribution is 6.30. The van der Waals surface area contributed by atoms with E-state index in [1.54, 1.807) is 31.3 Å². The van der Waals surface area contributed by atoms with Gasteiger partial charge in [0.2, 0.25) is 0 Å². The summed E-state index contributed by atoms with van der Waals surface area (Å²) in [6.45, 7) is 3.90. The molecule has 4 heteroatoms. The standard InChI is InChI=1S/C12H14ClNO2/c1-9(8-16-3)12(15)14(2)11-6-4-10(13)5-7-11/h4-7H,1,8H2,2-3H3. The second-order valence-corrected chi connectivity index (χ2v) is 3.81. The maximum Gasteiger partial charge on any atom is 0.255 e. The van der Waals surface area contributed by atoms with E-state index < -0.39 is 0 Å². The molecular weight excluding hydrogens is 226 g/mol. The first-order valence-electron chi connectivity index (χ1n) is 4.76. The lowest BCUT2D eigenvalue weighted by atomic mass is 10.2. The van der Waals surface area contributed by atoms with Crippen molar-refractivity contribution in [3.8, 4) is 0 Å². The van der Waals surface area contributed by atoms with Crippen molar-refractivity contribution in [3.05, 3.63) is 41.4 Å². The van der Waals surface area contributed by atoms with E-state index in [2.05, 4.69) is 6.58 Å². The van der Waals surface area contributed by atoms with E-state index in [1.165, 1.54) is 12.0 Å². The number of carbonyl (C=O) groups is 1. The van der Waals surface area contributed by atoms with Gasteiger partial charge in [-0.15, -0.1) is 0 Å². The van der Waals surface area contributed by atoms with E-state index in [-0.39, 0.29) is 12.5 Å². The Morgan fingerprint density at radius 2 is 2.00 bits per heavy atom. The van der Waals surface area contributed by atoms with Crippen molar-refractivity contribution >= 4 is 23.2 Å². The summed E-state index contributed by atoms with van der Waals surface area (Å²) in [7, 11) is 3.22. The van der Waals surface area contributed by atoms with Crippen LogP contribution in [0.25, 0.3) is 0 Å². The summed E-state index contributed by atoms with van der Waals surface area (Å²) in [5.41, 5.74) is 1.19. The third kappa shape index (κ3) is 3.08. The summed E-state index contributed by atoms with van der Waals surface area (Å²) < 4.78 is 4.86. The Bertz CT molecular complexity index is 387. The number of ether oxygens (including phenoxy) is 1. The summed E-state index contributed by atoms with van der Waals surface area (Å²) in [4.78, 5) is 13.3. The van der Waals surface area contributed by atoms with Gasteiger partial charge in [-0.1, -0.05) is 18.2 Å². The highest BCUT2D eigenvalue weighted by Gasteiger charge is 2.13. The Morgan fingerprint density at radius 3 is 2.50 bits per heavy atom. The molecule has 0 unspecified atom stereocenters. The average molecular weight is 240 g/mol. The number of benzene rings is 1. The molecule has 0 N–H and O–H groups in total. The third-order valence-electron chi connectivity index (χ3n) is 2.14. The summed E-state index contributed by atoms with van der Waals surface area (Å²) >= 11 is 5.77. The number of anilines is 1. The molecule has 0 spiro atoms. The fourth-order valence-electron chi connectivity index (χ4n) is 1.26. The summed E-state index contributed by atoms with van der Waals surface area (Å²) in [5.74, 6) is -0.163. The van der Waals surface area contributed by atoms with E-state index in [0.29, 0.717) is 10.6 Å². The van der Waals surface area contributed by atoms with Gasteiger partial charge in [-0.3, -0.25) is 4.79 Å². The lowest BCUT2D eigenvalue weighted by Crippen LogP contribution is -2.28. The minimum Gasteiger partial charge on any atom is -0.380 e. The van der Waals surface area contributed by atoms with Crippen molar-refractivity contribution in [2.45, 2.75) is 0 Å². The number of hydrogen-bond acceptors (Lipinski definition) is 2. The Morgan fingerprint density at radius 1 is 1.44 bits per heavy atom. The predicted octanol–water partition coefficient (Wildman–Crippen LogP) is 2.51. The molecule has 0 aliphatic carbocycles. The quantitative estimate of drug-likeness (QED) is 0.756. The van der Waals surface area contributed by atoms with Gasteiger partial charge >= 0.3 is 0 Å². The molecule has 1 amide bonds. The summed E-state index contributed by atoms with van der Waals surface area (Å²) in [5, 5.41) is 0.639. The first kappa shape index (κ1) is 12.7. The molecule has 0 aromatic heterocycles. The predicted molar refractivity (Wildman–Crippen MR) is 65.9 cm³/mol. The normalized spacial score (nSPS) is 9.94. The molecule has 0 aliphatic heterocycles. The lowest BCUT2D eigenvalue weighted by Gasteiger charge is -2.18. The van der Waals surface area contributed by atoms with Gasteiger partial charge in [0.15, 0.2) is 0 Å². The highest BCUT2D eigenvalue weighted by Crippen LogP contribution is 2.18. The van der Waals surface area contributed by atoms with Crippen LogP contribution < -0.4 is 4.90 Å². The maximum atomic E-state index is 11.8. The van der Waals surface area contributed by atoms with Gasteiger partial charge in [0, 0.05) is 30.4 Å². The fourth-order valence-corrected chi connectivity index (χ4v) is 1.38. The topological polar surface area (TPSA) is 29.5 Å². The largest absolute Gasteiger partial charge is 0.380 e. The van der Waals surface area contributed by atoms with Crippen LogP contribution in [0.4, 0.5) is 5.69 Å². The second-order valence-electron chi connectivity index (χ2n) is 3.38. The zero-order valence-corrected chi connectivity index (χ0v) is 10.1. The first-order valence-corrected chi connectivity index (χ1v) is 5.14. The van der Waals surface area contributed by atoms with Gasteiger partial charge in [-0.05, 0) is 24.3 Å². The van der Waals surface area contributed by atoms with E-state index in [9.17, 15) is 4.79 Å². The molecule has 3 nitrogen and oxygen atoms in total. The molecule has 0 aliphatic rings. The molecule has 0 radical (unpaired) electrons. The van der Waals surface area contributed by atoms with Crippen LogP contribution in [0.3, 0.4) is 0 Å². The number of methoxy groups -OCH3 is 1. The summed E-state index contributed by atoms with van der Waals surface area (Å²) in [6, 6.07) is 7.03. The van der Waals surface area contributed by atoms with Crippen LogP contribution in [0.5, 0.6) is 0 Å². The number of halogens is 1. The Balaban J connectivity index is 2.77. The monoisotopic (exact) mass is 239 g/mol. The highest BCUT2D eigenvalue weighted by atomic mass is 35.5. The van der Waals surface area contributed by atoms with Crippen LogP contribution in [-0.2, 0) is 9.53 Å². The summed E-state index contributed by atoms with van der Waals surface area (Å²) in [6.07, 6.45) is 0. The number of hydrogen-bond donors (Lipinski definition) is 0. The van der Waals surface area contributed by atoms with E-state index in [1.807, 2.05) is 0 Å². The van der Waals surface area contributed by atoms with Crippen LogP contribution >= 0.6 is 11.6 Å². The Hall–Kier alpha value is -1.32. The number of amides is 1. The molecule has 0 atom stereocenters. The van der Waals surface area contributed by atoms with Crippen LogP contribution in [-0.4, -0.2) is 26.7 Å². The van der Waals surface area contributed by atoms with E-state index in [4.69, 9.17) is 16.3 Å². The van der Waals surface area contributed by atoms with Gasteiger partial charge in [-0.25, -0.2) is 0 Å². The molecular formula is C12H14ClNO2. The van der Waals surface area contributed by atoms with Crippen molar-refractivity contribution in [3.63, 3.8) is 0 Å². The number of carbonyl (C=O) groups excluding carboxylic acids is 1. The molecule has 0 heterocycles. The van der Waals surface area contributed by atoms with Crippen molar-refractivity contribution in [1.29, 1.82) is 0 Å². The molecule has 1 rings (SSSR count). The zero-order valence-electron chi connectivity index (χ0n) is 9.37. The molecule has 0 fully saturated rings. The lowest BCUT2D eigenvalue weighted by molar-refractivity contribution is -0.115. The minimum absolute atomic E-state index is 0.163. The van der Waals surface area contributed by atoms with E-state index in [0.717, 1.165) is 5.69 Å². The number of likely N-dealkylation sites (N-methyl/N-ethyl adjacent to an activating group) is 1. The van der Waals surface area contributed by atoms with Gasteiger partial charge in [0.25, 0.3) is 5.91 Å². The second kappa shape index (κ2) is 5.68. The molecule has 1 aromatic rings. The fraction of sp³-hybridized carbons (Fsp3) is 0.250. The van der Waals surface area contributed by atoms with Crippen molar-refractivity contribution in [2.75, 3.05) is 25.7 Å². The van der Waals surface area contributed by atoms with Crippen LogP contribution in [0, 0.1) is 0 Å². The molecule has 16 heavy (non-hydrogen) atoms. The van der Waals surface area contributed by atoms with Crippen LogP contribution in [0.15, 0.2) is 36.4 Å². The third-order valence-corrected chi connectivity index (χ3v) is 2.39. The molecule has 0 saturated carbocycles. The van der Waals surface area contributed by atoms with Gasteiger partial charge in [0.1, 0.15) is 0 Å². The van der Waals surface area contributed by atoms with Crippen molar-refractivity contribution in [2.24, 2.45) is 0 Å². The van der Waals surface area contributed by atoms with Gasteiger partial charge in [0.05, 0.1) is 6.61 Å². The molecule has 86 valence electrons. The Kier molecular flexibility index (Phi) is 4.52. The van der Waals surface area contributed by atoms with Crippen molar-refractivity contribution < 1.29 is 9.53 Å². The van der Waals surface area contributed by atoms with Gasteiger partial charge < -0.3 is 9.64 Å². The van der Waals surface area contributed by atoms with Crippen molar-refractivity contribution in [1.82, 2.24) is 0 Å². The smallest absolute Gasteiger partial charge is 0.255 e. The maximum absolute atomic E-state index is 11.8. The Labute approximate surface area is 100 Å². The average Bonchev–Trinajstić information content (AvgIpc) is 2.28. The number of nitrogens with zero attached hydrogens (tertiary/aromatic N) is 1. The molecule has 0 bridgehead atoms. The van der Waals surface area contributed by atoms with Gasteiger partial charge in [-0.2, -0.15) is 0 Å². The van der Waals surface area contributed by atoms with Crippen LogP contribution in [0.1, 0.15) is 0 Å².